The lowest BCUT2D eigenvalue weighted by molar-refractivity contribution is -0.146. The number of rotatable bonds is 6. The van der Waals surface area contributed by atoms with Gasteiger partial charge in [-0.15, -0.1) is 0 Å². The Balaban J connectivity index is 2.45. The summed E-state index contributed by atoms with van der Waals surface area (Å²) in [4.78, 5) is 0. The SMILES string of the molecule is CC[C@H](C)n1cc(I)c(COCCC(F)(F)F)n1. The molecule has 0 spiro atoms. The maximum absolute atomic E-state index is 11.9. The number of ether oxygens (including phenoxy) is 1. The first-order chi connectivity index (χ1) is 8.33. The summed E-state index contributed by atoms with van der Waals surface area (Å²) in [5.41, 5.74) is 0.693. The molecule has 0 bridgehead atoms. The van der Waals surface area contributed by atoms with E-state index >= 15 is 0 Å². The third-order valence-corrected chi connectivity index (χ3v) is 3.47. The van der Waals surface area contributed by atoms with Gasteiger partial charge in [-0.2, -0.15) is 18.3 Å². The van der Waals surface area contributed by atoms with Gasteiger partial charge in [-0.25, -0.2) is 0 Å². The first-order valence-corrected chi connectivity index (χ1v) is 6.79. The molecule has 1 heterocycles. The standard InChI is InChI=1S/C11H16F3IN2O/c1-3-8(2)17-6-9(15)10(16-17)7-18-5-4-11(12,13)14/h6,8H,3-5,7H2,1-2H3/t8-/m0/s1. The molecular weight excluding hydrogens is 360 g/mol. The fourth-order valence-corrected chi connectivity index (χ4v) is 1.82. The lowest BCUT2D eigenvalue weighted by Crippen LogP contribution is -2.12. The quantitative estimate of drug-likeness (QED) is 0.556. The highest BCUT2D eigenvalue weighted by Gasteiger charge is 2.26. The van der Waals surface area contributed by atoms with E-state index in [1.54, 1.807) is 0 Å². The first-order valence-electron chi connectivity index (χ1n) is 5.71. The zero-order valence-electron chi connectivity index (χ0n) is 10.3. The van der Waals surface area contributed by atoms with Gasteiger partial charge in [0.2, 0.25) is 0 Å². The molecule has 7 heteroatoms. The van der Waals surface area contributed by atoms with Crippen molar-refractivity contribution in [3.63, 3.8) is 0 Å². The van der Waals surface area contributed by atoms with Crippen molar-refractivity contribution in [2.75, 3.05) is 6.61 Å². The Hall–Kier alpha value is -0.310. The molecule has 0 saturated heterocycles. The van der Waals surface area contributed by atoms with Crippen LogP contribution < -0.4 is 0 Å². The van der Waals surface area contributed by atoms with Crippen molar-refractivity contribution in [1.82, 2.24) is 9.78 Å². The minimum atomic E-state index is -4.16. The molecule has 104 valence electrons. The van der Waals surface area contributed by atoms with Gasteiger partial charge in [0, 0.05) is 12.2 Å². The third-order valence-electron chi connectivity index (χ3n) is 2.57. The van der Waals surface area contributed by atoms with Crippen LogP contribution in [0.4, 0.5) is 13.2 Å². The molecule has 0 aliphatic heterocycles. The summed E-state index contributed by atoms with van der Waals surface area (Å²) in [6, 6.07) is 0.280. The molecule has 0 aliphatic rings. The second-order valence-electron chi connectivity index (χ2n) is 4.08. The van der Waals surface area contributed by atoms with E-state index in [-0.39, 0.29) is 19.3 Å². The second kappa shape index (κ2) is 6.74. The van der Waals surface area contributed by atoms with Crippen molar-refractivity contribution in [3.05, 3.63) is 15.5 Å². The minimum absolute atomic E-state index is 0.123. The Morgan fingerprint density at radius 2 is 2.17 bits per heavy atom. The van der Waals surface area contributed by atoms with Crippen LogP contribution in [-0.4, -0.2) is 22.6 Å². The van der Waals surface area contributed by atoms with Crippen molar-refractivity contribution in [2.45, 2.75) is 45.5 Å². The highest BCUT2D eigenvalue weighted by molar-refractivity contribution is 14.1. The Morgan fingerprint density at radius 1 is 1.50 bits per heavy atom. The van der Waals surface area contributed by atoms with Crippen molar-refractivity contribution < 1.29 is 17.9 Å². The highest BCUT2D eigenvalue weighted by atomic mass is 127. The summed E-state index contributed by atoms with van der Waals surface area (Å²) in [6.07, 6.45) is -2.25. The van der Waals surface area contributed by atoms with Gasteiger partial charge in [0.1, 0.15) is 5.69 Å². The fraction of sp³-hybridized carbons (Fsp3) is 0.727. The minimum Gasteiger partial charge on any atom is -0.375 e. The van der Waals surface area contributed by atoms with Crippen LogP contribution in [0.1, 0.15) is 38.4 Å². The molecule has 1 rings (SSSR count). The number of nitrogens with zero attached hydrogens (tertiary/aromatic N) is 2. The number of hydrogen-bond donors (Lipinski definition) is 0. The van der Waals surface area contributed by atoms with Crippen molar-refractivity contribution in [3.8, 4) is 0 Å². The van der Waals surface area contributed by atoms with Crippen LogP contribution in [0, 0.1) is 3.57 Å². The van der Waals surface area contributed by atoms with Gasteiger partial charge in [0.15, 0.2) is 0 Å². The predicted octanol–water partition coefficient (Wildman–Crippen LogP) is 3.93. The van der Waals surface area contributed by atoms with Gasteiger partial charge in [-0.05, 0) is 35.9 Å². The monoisotopic (exact) mass is 376 g/mol. The van der Waals surface area contributed by atoms with E-state index in [9.17, 15) is 13.2 Å². The molecule has 0 aromatic carbocycles. The van der Waals surface area contributed by atoms with E-state index in [1.807, 2.05) is 17.8 Å². The van der Waals surface area contributed by atoms with Gasteiger partial charge in [0.25, 0.3) is 0 Å². The number of aromatic nitrogens is 2. The van der Waals surface area contributed by atoms with Crippen molar-refractivity contribution >= 4 is 22.6 Å². The topological polar surface area (TPSA) is 27.1 Å². The van der Waals surface area contributed by atoms with Crippen LogP contribution in [-0.2, 0) is 11.3 Å². The largest absolute Gasteiger partial charge is 0.391 e. The summed E-state index contributed by atoms with van der Waals surface area (Å²) in [5.74, 6) is 0. The normalized spacial score (nSPS) is 13.9. The van der Waals surface area contributed by atoms with E-state index in [1.165, 1.54) is 0 Å². The van der Waals surface area contributed by atoms with Crippen LogP contribution in [0.5, 0.6) is 0 Å². The molecule has 0 N–H and O–H groups in total. The maximum atomic E-state index is 11.9. The molecule has 0 aliphatic carbocycles. The average Bonchev–Trinajstić information content (AvgIpc) is 2.64. The Morgan fingerprint density at radius 3 is 2.72 bits per heavy atom. The Bertz CT molecular complexity index is 379. The smallest absolute Gasteiger partial charge is 0.375 e. The molecule has 0 saturated carbocycles. The lowest BCUT2D eigenvalue weighted by atomic mass is 10.3. The second-order valence-corrected chi connectivity index (χ2v) is 5.24. The van der Waals surface area contributed by atoms with Gasteiger partial charge in [0.05, 0.1) is 23.2 Å². The molecule has 0 amide bonds. The van der Waals surface area contributed by atoms with Gasteiger partial charge < -0.3 is 4.74 Å². The average molecular weight is 376 g/mol. The Kier molecular flexibility index (Phi) is 5.90. The van der Waals surface area contributed by atoms with Gasteiger partial charge in [-0.3, -0.25) is 4.68 Å². The van der Waals surface area contributed by atoms with E-state index < -0.39 is 12.6 Å². The van der Waals surface area contributed by atoms with Crippen molar-refractivity contribution in [2.24, 2.45) is 0 Å². The van der Waals surface area contributed by atoms with Crippen LogP contribution in [0.2, 0.25) is 0 Å². The zero-order chi connectivity index (χ0) is 13.8. The summed E-state index contributed by atoms with van der Waals surface area (Å²) in [7, 11) is 0. The zero-order valence-corrected chi connectivity index (χ0v) is 12.5. The molecule has 1 aromatic rings. The predicted molar refractivity (Wildman–Crippen MR) is 70.3 cm³/mol. The van der Waals surface area contributed by atoms with E-state index in [0.29, 0.717) is 5.69 Å². The highest BCUT2D eigenvalue weighted by Crippen LogP contribution is 2.20. The fourth-order valence-electron chi connectivity index (χ4n) is 1.27. The molecule has 18 heavy (non-hydrogen) atoms. The molecule has 1 atom stereocenters. The van der Waals surface area contributed by atoms with Crippen LogP contribution >= 0.6 is 22.6 Å². The number of halogens is 4. The van der Waals surface area contributed by atoms with Crippen LogP contribution in [0.25, 0.3) is 0 Å². The van der Waals surface area contributed by atoms with E-state index in [2.05, 4.69) is 34.6 Å². The first kappa shape index (κ1) is 15.7. The molecular formula is C11H16F3IN2O. The summed E-state index contributed by atoms with van der Waals surface area (Å²) < 4.78 is 43.5. The number of hydrogen-bond acceptors (Lipinski definition) is 2. The number of alkyl halides is 3. The van der Waals surface area contributed by atoms with Gasteiger partial charge in [-0.1, -0.05) is 6.92 Å². The van der Waals surface area contributed by atoms with E-state index in [0.717, 1.165) is 9.99 Å². The summed E-state index contributed by atoms with van der Waals surface area (Å²) >= 11 is 2.11. The van der Waals surface area contributed by atoms with Gasteiger partial charge >= 0.3 is 6.18 Å². The van der Waals surface area contributed by atoms with Crippen LogP contribution in [0.15, 0.2) is 6.20 Å². The third kappa shape index (κ3) is 5.13. The summed E-state index contributed by atoms with van der Waals surface area (Å²) in [6.45, 7) is 3.89. The lowest BCUT2D eigenvalue weighted by Gasteiger charge is -2.08. The van der Waals surface area contributed by atoms with Crippen molar-refractivity contribution in [1.29, 1.82) is 0 Å². The molecule has 3 nitrogen and oxygen atoms in total. The van der Waals surface area contributed by atoms with Crippen LogP contribution in [0.3, 0.4) is 0 Å². The maximum Gasteiger partial charge on any atom is 0.391 e. The van der Waals surface area contributed by atoms with E-state index in [4.69, 9.17) is 4.74 Å². The Labute approximate surface area is 118 Å². The molecule has 0 unspecified atom stereocenters. The molecule has 0 fully saturated rings. The summed E-state index contributed by atoms with van der Waals surface area (Å²) in [5, 5.41) is 4.32. The molecule has 1 aromatic heterocycles. The molecule has 0 radical (unpaired) electrons.